The number of rotatable bonds is 9. The molecule has 0 unspecified atom stereocenters. The Morgan fingerprint density at radius 1 is 0.694 bits per heavy atom. The van der Waals surface area contributed by atoms with E-state index >= 15 is 0 Å². The lowest BCUT2D eigenvalue weighted by Crippen LogP contribution is -3.00. The SMILES string of the molecule is COc1c(CCC[P+](c2ccccc2)(c2ccccc2)c2ccccc2)cc2c(c1OC)OCO2.[I-]. The Balaban J connectivity index is 0.00000304. The fourth-order valence-corrected chi connectivity index (χ4v) is 9.37. The average Bonchev–Trinajstić information content (AvgIpc) is 3.40. The van der Waals surface area contributed by atoms with Gasteiger partial charge in [-0.3, -0.25) is 0 Å². The molecular formula is C30H30IO4P. The van der Waals surface area contributed by atoms with Crippen LogP contribution in [0.15, 0.2) is 97.1 Å². The van der Waals surface area contributed by atoms with Crippen LogP contribution in [-0.4, -0.2) is 27.2 Å². The van der Waals surface area contributed by atoms with E-state index in [1.54, 1.807) is 14.2 Å². The Morgan fingerprint density at radius 2 is 1.19 bits per heavy atom. The smallest absolute Gasteiger partial charge is 0.231 e. The third-order valence-corrected chi connectivity index (χ3v) is 11.1. The summed E-state index contributed by atoms with van der Waals surface area (Å²) < 4.78 is 22.7. The van der Waals surface area contributed by atoms with Crippen molar-refractivity contribution in [1.82, 2.24) is 0 Å². The van der Waals surface area contributed by atoms with Crippen LogP contribution < -0.4 is 58.8 Å². The highest BCUT2D eigenvalue weighted by Gasteiger charge is 2.44. The molecule has 1 aliphatic heterocycles. The largest absolute Gasteiger partial charge is 1.00 e. The maximum absolute atomic E-state index is 5.78. The number of halogens is 1. The molecule has 5 rings (SSSR count). The third-order valence-electron chi connectivity index (χ3n) is 6.59. The second kappa shape index (κ2) is 12.0. The number of ether oxygens (including phenoxy) is 4. The van der Waals surface area contributed by atoms with Crippen molar-refractivity contribution in [1.29, 1.82) is 0 Å². The van der Waals surface area contributed by atoms with Gasteiger partial charge in [0, 0.05) is 5.56 Å². The fraction of sp³-hybridized carbons (Fsp3) is 0.200. The Hall–Kier alpha value is -2.76. The van der Waals surface area contributed by atoms with Gasteiger partial charge in [-0.05, 0) is 55.3 Å². The lowest BCUT2D eigenvalue weighted by molar-refractivity contribution is -0.00000878. The Kier molecular flexibility index (Phi) is 8.76. The van der Waals surface area contributed by atoms with Gasteiger partial charge in [0.15, 0.2) is 11.5 Å². The molecule has 0 amide bonds. The first-order valence-electron chi connectivity index (χ1n) is 11.9. The van der Waals surface area contributed by atoms with Crippen LogP contribution in [0.25, 0.3) is 0 Å². The number of hydrogen-bond acceptors (Lipinski definition) is 4. The Labute approximate surface area is 230 Å². The van der Waals surface area contributed by atoms with E-state index in [-0.39, 0.29) is 30.8 Å². The molecule has 6 heteroatoms. The number of fused-ring (bicyclic) bond motifs is 1. The Morgan fingerprint density at radius 3 is 1.67 bits per heavy atom. The first kappa shape index (κ1) is 26.3. The van der Waals surface area contributed by atoms with E-state index in [0.29, 0.717) is 17.2 Å². The molecule has 0 N–H and O–H groups in total. The zero-order valence-electron chi connectivity index (χ0n) is 20.5. The van der Waals surface area contributed by atoms with E-state index < -0.39 is 7.26 Å². The molecule has 1 heterocycles. The van der Waals surface area contributed by atoms with Gasteiger partial charge in [0.2, 0.25) is 18.3 Å². The summed E-state index contributed by atoms with van der Waals surface area (Å²) in [6.45, 7) is 0.197. The molecule has 0 saturated carbocycles. The number of methoxy groups -OCH3 is 2. The van der Waals surface area contributed by atoms with Crippen molar-refractivity contribution in [3.63, 3.8) is 0 Å². The zero-order valence-corrected chi connectivity index (χ0v) is 23.6. The van der Waals surface area contributed by atoms with Gasteiger partial charge < -0.3 is 42.9 Å². The molecule has 4 aromatic rings. The van der Waals surface area contributed by atoms with Crippen LogP contribution in [-0.2, 0) is 6.42 Å². The molecule has 4 aromatic carbocycles. The molecule has 0 atom stereocenters. The molecule has 36 heavy (non-hydrogen) atoms. The summed E-state index contributed by atoms with van der Waals surface area (Å²) >= 11 is 0. The van der Waals surface area contributed by atoms with Crippen molar-refractivity contribution in [2.45, 2.75) is 12.8 Å². The summed E-state index contributed by atoms with van der Waals surface area (Å²) in [7, 11) is 1.44. The van der Waals surface area contributed by atoms with E-state index in [1.165, 1.54) is 15.9 Å². The van der Waals surface area contributed by atoms with E-state index in [2.05, 4.69) is 91.0 Å². The van der Waals surface area contributed by atoms with Crippen molar-refractivity contribution >= 4 is 23.2 Å². The highest BCUT2D eigenvalue weighted by molar-refractivity contribution is 7.95. The quantitative estimate of drug-likeness (QED) is 0.215. The standard InChI is InChI=1S/C30H30O4P.HI/c1-31-28-23(21-27-29(30(28)32-2)34-22-33-27)13-12-20-35(24-14-6-3-7-15-24,25-16-8-4-9-17-25)26-18-10-5-11-19-26;/h3-11,14-19,21H,12-13,20,22H2,1-2H3;1H/q+1;/p-1. The third kappa shape index (κ3) is 4.91. The van der Waals surface area contributed by atoms with Crippen LogP contribution in [0.3, 0.4) is 0 Å². The van der Waals surface area contributed by atoms with Gasteiger partial charge >= 0.3 is 0 Å². The summed E-state index contributed by atoms with van der Waals surface area (Å²) in [6, 6.07) is 35.0. The van der Waals surface area contributed by atoms with Gasteiger partial charge in [0.1, 0.15) is 23.2 Å². The lowest BCUT2D eigenvalue weighted by Gasteiger charge is -2.28. The second-order valence-corrected chi connectivity index (χ2v) is 12.1. The van der Waals surface area contributed by atoms with Crippen molar-refractivity contribution in [3.05, 3.63) is 103 Å². The molecule has 0 aliphatic carbocycles. The van der Waals surface area contributed by atoms with Crippen molar-refractivity contribution in [2.75, 3.05) is 27.2 Å². The predicted octanol–water partition coefficient (Wildman–Crippen LogP) is 2.36. The topological polar surface area (TPSA) is 36.9 Å². The molecule has 0 saturated heterocycles. The van der Waals surface area contributed by atoms with E-state index in [4.69, 9.17) is 18.9 Å². The molecular weight excluding hydrogens is 582 g/mol. The summed E-state index contributed by atoms with van der Waals surface area (Å²) in [5.41, 5.74) is 1.07. The molecule has 4 nitrogen and oxygen atoms in total. The van der Waals surface area contributed by atoms with Crippen LogP contribution >= 0.6 is 7.26 Å². The molecule has 0 spiro atoms. The molecule has 186 valence electrons. The molecule has 0 aromatic heterocycles. The van der Waals surface area contributed by atoms with Crippen molar-refractivity contribution in [3.8, 4) is 23.0 Å². The van der Waals surface area contributed by atoms with Gasteiger partial charge in [-0.1, -0.05) is 54.6 Å². The first-order chi connectivity index (χ1) is 17.3. The van der Waals surface area contributed by atoms with Crippen molar-refractivity contribution in [2.24, 2.45) is 0 Å². The van der Waals surface area contributed by atoms with Gasteiger partial charge in [0.05, 0.1) is 20.4 Å². The minimum atomic E-state index is -1.88. The summed E-state index contributed by atoms with van der Waals surface area (Å²) in [6.07, 6.45) is 2.85. The maximum Gasteiger partial charge on any atom is 0.231 e. The van der Waals surface area contributed by atoms with E-state index in [1.807, 2.05) is 6.07 Å². The summed E-state index contributed by atoms with van der Waals surface area (Å²) in [4.78, 5) is 0. The van der Waals surface area contributed by atoms with Crippen molar-refractivity contribution < 1.29 is 42.9 Å². The summed E-state index contributed by atoms with van der Waals surface area (Å²) in [5, 5.41) is 4.19. The van der Waals surface area contributed by atoms with E-state index in [9.17, 15) is 0 Å². The van der Waals surface area contributed by atoms with E-state index in [0.717, 1.165) is 30.3 Å². The first-order valence-corrected chi connectivity index (χ1v) is 13.8. The van der Waals surface area contributed by atoms with Crippen LogP contribution in [0.4, 0.5) is 0 Å². The minimum Gasteiger partial charge on any atom is -1.00 e. The molecule has 0 fully saturated rings. The maximum atomic E-state index is 5.78. The number of aryl methyl sites for hydroxylation is 1. The summed E-state index contributed by atoms with van der Waals surface area (Å²) in [5.74, 6) is 2.66. The van der Waals surface area contributed by atoms with Crippen LogP contribution in [0.1, 0.15) is 12.0 Å². The lowest BCUT2D eigenvalue weighted by atomic mass is 10.1. The highest BCUT2D eigenvalue weighted by Crippen LogP contribution is 2.56. The number of benzene rings is 4. The van der Waals surface area contributed by atoms with Gasteiger partial charge in [-0.15, -0.1) is 0 Å². The Bertz CT molecular complexity index is 1170. The fourth-order valence-electron chi connectivity index (χ4n) is 5.03. The highest BCUT2D eigenvalue weighted by atomic mass is 127. The zero-order chi connectivity index (χ0) is 24.1. The monoisotopic (exact) mass is 612 g/mol. The second-order valence-electron chi connectivity index (χ2n) is 8.48. The molecule has 1 aliphatic rings. The van der Waals surface area contributed by atoms with Gasteiger partial charge in [-0.25, -0.2) is 0 Å². The van der Waals surface area contributed by atoms with Crippen LogP contribution in [0.5, 0.6) is 23.0 Å². The minimum absolute atomic E-state index is 0. The normalized spacial score (nSPS) is 12.1. The predicted molar refractivity (Wildman–Crippen MR) is 144 cm³/mol. The molecule has 0 radical (unpaired) electrons. The van der Waals surface area contributed by atoms with Gasteiger partial charge in [-0.2, -0.15) is 0 Å². The van der Waals surface area contributed by atoms with Crippen LogP contribution in [0.2, 0.25) is 0 Å². The van der Waals surface area contributed by atoms with Gasteiger partial charge in [0.25, 0.3) is 0 Å². The van der Waals surface area contributed by atoms with Crippen LogP contribution in [0, 0.1) is 0 Å². The molecule has 0 bridgehead atoms. The number of hydrogen-bond donors (Lipinski definition) is 0. The average molecular weight is 612 g/mol.